The Labute approximate surface area is 138 Å². The molecule has 1 amide bonds. The predicted molar refractivity (Wildman–Crippen MR) is 87.2 cm³/mol. The molecule has 2 aromatic heterocycles. The van der Waals surface area contributed by atoms with Crippen molar-refractivity contribution in [1.29, 1.82) is 0 Å². The van der Waals surface area contributed by atoms with Gasteiger partial charge in [-0.15, -0.1) is 0 Å². The molecule has 0 unspecified atom stereocenters. The summed E-state index contributed by atoms with van der Waals surface area (Å²) in [6, 6.07) is 9.08. The highest BCUT2D eigenvalue weighted by atomic mass is 16.5. The van der Waals surface area contributed by atoms with Crippen LogP contribution in [0.25, 0.3) is 11.4 Å². The molecule has 3 heterocycles. The zero-order valence-corrected chi connectivity index (χ0v) is 13.0. The summed E-state index contributed by atoms with van der Waals surface area (Å²) in [6.07, 6.45) is 1.67. The molecular weight excluding hydrogens is 306 g/mol. The second-order valence-electron chi connectivity index (χ2n) is 5.56. The van der Waals surface area contributed by atoms with Crippen molar-refractivity contribution in [2.24, 2.45) is 0 Å². The second kappa shape index (κ2) is 5.86. The van der Waals surface area contributed by atoms with Gasteiger partial charge in [0.05, 0.1) is 5.69 Å². The molecule has 0 fully saturated rings. The van der Waals surface area contributed by atoms with Crippen LogP contribution in [0, 0.1) is 6.92 Å². The Morgan fingerprint density at radius 3 is 2.79 bits per heavy atom. The SMILES string of the molecule is Cc1nc(-c2ccc(NC(=O)c3ccnc4c3CNC4)cc2)no1. The second-order valence-corrected chi connectivity index (χ2v) is 5.56. The molecule has 0 bridgehead atoms. The van der Waals surface area contributed by atoms with E-state index in [9.17, 15) is 4.79 Å². The number of fused-ring (bicyclic) bond motifs is 1. The Bertz CT molecular complexity index is 902. The summed E-state index contributed by atoms with van der Waals surface area (Å²) in [4.78, 5) is 21.0. The molecule has 1 aromatic carbocycles. The Morgan fingerprint density at radius 1 is 1.21 bits per heavy atom. The summed E-state index contributed by atoms with van der Waals surface area (Å²) in [5.41, 5.74) is 4.10. The van der Waals surface area contributed by atoms with Gasteiger partial charge in [0.1, 0.15) is 0 Å². The molecule has 7 nitrogen and oxygen atoms in total. The van der Waals surface area contributed by atoms with E-state index in [4.69, 9.17) is 4.52 Å². The third-order valence-electron chi connectivity index (χ3n) is 3.91. The van der Waals surface area contributed by atoms with Crippen molar-refractivity contribution < 1.29 is 9.32 Å². The van der Waals surface area contributed by atoms with Gasteiger partial charge >= 0.3 is 0 Å². The first-order valence-corrected chi connectivity index (χ1v) is 7.60. The topological polar surface area (TPSA) is 92.9 Å². The Hall–Kier alpha value is -3.06. The van der Waals surface area contributed by atoms with Crippen molar-refractivity contribution in [2.75, 3.05) is 5.32 Å². The van der Waals surface area contributed by atoms with Gasteiger partial charge in [0.15, 0.2) is 0 Å². The maximum Gasteiger partial charge on any atom is 0.256 e. The predicted octanol–water partition coefficient (Wildman–Crippen LogP) is 2.30. The van der Waals surface area contributed by atoms with E-state index in [1.165, 1.54) is 0 Å². The minimum Gasteiger partial charge on any atom is -0.339 e. The minimum atomic E-state index is -0.138. The van der Waals surface area contributed by atoms with E-state index in [0.29, 0.717) is 36.1 Å². The number of carbonyl (C=O) groups is 1. The molecule has 1 aliphatic heterocycles. The lowest BCUT2D eigenvalue weighted by Gasteiger charge is -2.08. The number of hydrogen-bond donors (Lipinski definition) is 2. The number of aryl methyl sites for hydroxylation is 1. The lowest BCUT2D eigenvalue weighted by molar-refractivity contribution is 0.102. The summed E-state index contributed by atoms with van der Waals surface area (Å²) in [6.45, 7) is 3.12. The molecule has 2 N–H and O–H groups in total. The summed E-state index contributed by atoms with van der Waals surface area (Å²) in [7, 11) is 0. The van der Waals surface area contributed by atoms with Gasteiger partial charge in [-0.3, -0.25) is 9.78 Å². The molecule has 3 aromatic rings. The Kier molecular flexibility index (Phi) is 3.55. The number of nitrogens with one attached hydrogen (secondary N) is 2. The molecule has 4 rings (SSSR count). The van der Waals surface area contributed by atoms with E-state index in [-0.39, 0.29) is 5.91 Å². The van der Waals surface area contributed by atoms with Crippen LogP contribution in [0.5, 0.6) is 0 Å². The number of anilines is 1. The number of aromatic nitrogens is 3. The van der Waals surface area contributed by atoms with Crippen LogP contribution in [-0.2, 0) is 13.1 Å². The molecule has 0 aliphatic carbocycles. The lowest BCUT2D eigenvalue weighted by Crippen LogP contribution is -2.15. The Morgan fingerprint density at radius 2 is 2.04 bits per heavy atom. The normalized spacial score (nSPS) is 12.9. The fraction of sp³-hybridized carbons (Fsp3) is 0.176. The van der Waals surface area contributed by atoms with Crippen LogP contribution in [0.15, 0.2) is 41.1 Å². The highest BCUT2D eigenvalue weighted by molar-refractivity contribution is 6.05. The van der Waals surface area contributed by atoms with Crippen molar-refractivity contribution in [3.8, 4) is 11.4 Å². The number of pyridine rings is 1. The van der Waals surface area contributed by atoms with Gasteiger partial charge in [-0.2, -0.15) is 4.98 Å². The lowest BCUT2D eigenvalue weighted by atomic mass is 10.1. The van der Waals surface area contributed by atoms with Gasteiger partial charge in [-0.25, -0.2) is 0 Å². The van der Waals surface area contributed by atoms with Crippen molar-refractivity contribution in [1.82, 2.24) is 20.4 Å². The third-order valence-corrected chi connectivity index (χ3v) is 3.91. The van der Waals surface area contributed by atoms with E-state index >= 15 is 0 Å². The van der Waals surface area contributed by atoms with Gasteiger partial charge in [0, 0.05) is 48.6 Å². The first kappa shape index (κ1) is 14.5. The van der Waals surface area contributed by atoms with Gasteiger partial charge in [0.25, 0.3) is 5.91 Å². The zero-order valence-electron chi connectivity index (χ0n) is 13.0. The van der Waals surface area contributed by atoms with E-state index in [1.807, 2.05) is 24.3 Å². The summed E-state index contributed by atoms with van der Waals surface area (Å²) >= 11 is 0. The largest absolute Gasteiger partial charge is 0.339 e. The Balaban J connectivity index is 1.53. The molecule has 0 atom stereocenters. The van der Waals surface area contributed by atoms with Crippen LogP contribution in [0.1, 0.15) is 27.5 Å². The van der Waals surface area contributed by atoms with Crippen molar-refractivity contribution in [3.05, 3.63) is 59.2 Å². The van der Waals surface area contributed by atoms with Crippen LogP contribution in [0.4, 0.5) is 5.69 Å². The maximum absolute atomic E-state index is 12.5. The summed E-state index contributed by atoms with van der Waals surface area (Å²) < 4.78 is 4.97. The van der Waals surface area contributed by atoms with Crippen LogP contribution >= 0.6 is 0 Å². The van der Waals surface area contributed by atoms with Crippen LogP contribution in [0.2, 0.25) is 0 Å². The average molecular weight is 321 g/mol. The van der Waals surface area contributed by atoms with Gasteiger partial charge in [-0.1, -0.05) is 5.16 Å². The molecule has 0 saturated carbocycles. The number of carbonyl (C=O) groups excluding carboxylic acids is 1. The quantitative estimate of drug-likeness (QED) is 0.769. The van der Waals surface area contributed by atoms with E-state index in [2.05, 4.69) is 25.8 Å². The van der Waals surface area contributed by atoms with E-state index < -0.39 is 0 Å². The summed E-state index contributed by atoms with van der Waals surface area (Å²) in [5.74, 6) is 0.909. The molecule has 0 saturated heterocycles. The van der Waals surface area contributed by atoms with E-state index in [1.54, 1.807) is 19.2 Å². The molecule has 0 spiro atoms. The van der Waals surface area contributed by atoms with Gasteiger partial charge in [0.2, 0.25) is 11.7 Å². The first-order valence-electron chi connectivity index (χ1n) is 7.60. The highest BCUT2D eigenvalue weighted by Gasteiger charge is 2.19. The van der Waals surface area contributed by atoms with Gasteiger partial charge in [-0.05, 0) is 30.3 Å². The van der Waals surface area contributed by atoms with Crippen molar-refractivity contribution >= 4 is 11.6 Å². The standard InChI is InChI=1S/C17H15N5O2/c1-10-20-16(22-24-10)11-2-4-12(5-3-11)21-17(23)13-6-7-19-15-9-18-8-14(13)15/h2-7,18H,8-9H2,1H3,(H,21,23). The van der Waals surface area contributed by atoms with Crippen LogP contribution < -0.4 is 10.6 Å². The van der Waals surface area contributed by atoms with Crippen LogP contribution in [0.3, 0.4) is 0 Å². The molecular formula is C17H15N5O2. The zero-order chi connectivity index (χ0) is 16.5. The first-order chi connectivity index (χ1) is 11.7. The summed E-state index contributed by atoms with van der Waals surface area (Å²) in [5, 5.41) is 10.00. The monoisotopic (exact) mass is 321 g/mol. The van der Waals surface area contributed by atoms with Crippen molar-refractivity contribution in [3.63, 3.8) is 0 Å². The number of hydrogen-bond acceptors (Lipinski definition) is 6. The highest BCUT2D eigenvalue weighted by Crippen LogP contribution is 2.21. The molecule has 0 radical (unpaired) electrons. The molecule has 1 aliphatic rings. The number of amides is 1. The fourth-order valence-electron chi connectivity index (χ4n) is 2.72. The van der Waals surface area contributed by atoms with Gasteiger partial charge < -0.3 is 15.2 Å². The van der Waals surface area contributed by atoms with Crippen LogP contribution in [-0.4, -0.2) is 21.0 Å². The smallest absolute Gasteiger partial charge is 0.256 e. The van der Waals surface area contributed by atoms with E-state index in [0.717, 1.165) is 16.8 Å². The third kappa shape index (κ3) is 2.65. The van der Waals surface area contributed by atoms with Crippen molar-refractivity contribution in [2.45, 2.75) is 20.0 Å². The maximum atomic E-state index is 12.5. The molecule has 7 heteroatoms. The number of nitrogens with zero attached hydrogens (tertiary/aromatic N) is 3. The minimum absolute atomic E-state index is 0.138. The average Bonchev–Trinajstić information content (AvgIpc) is 3.24. The number of rotatable bonds is 3. The number of benzene rings is 1. The fourth-order valence-corrected chi connectivity index (χ4v) is 2.72. The molecule has 24 heavy (non-hydrogen) atoms. The molecule has 120 valence electrons.